The Morgan fingerprint density at radius 3 is 2.11 bits per heavy atom. The highest BCUT2D eigenvalue weighted by Crippen LogP contribution is 2.32. The first-order chi connectivity index (χ1) is 17.2. The molecule has 4 aromatic rings. The molecule has 0 bridgehead atoms. The number of aromatic nitrogens is 2. The van der Waals surface area contributed by atoms with Crippen molar-refractivity contribution in [2.24, 2.45) is 0 Å². The van der Waals surface area contributed by atoms with Gasteiger partial charge in [0.1, 0.15) is 11.6 Å². The number of nitrogens with zero attached hydrogens (tertiary/aromatic N) is 2. The minimum absolute atomic E-state index is 0.342. The Morgan fingerprint density at radius 2 is 1.44 bits per heavy atom. The van der Waals surface area contributed by atoms with E-state index in [1.54, 1.807) is 37.4 Å². The van der Waals surface area contributed by atoms with E-state index in [-0.39, 0.29) is 0 Å². The number of halogens is 3. The van der Waals surface area contributed by atoms with E-state index in [0.717, 1.165) is 29.3 Å². The van der Waals surface area contributed by atoms with Gasteiger partial charge in [-0.25, -0.2) is 4.98 Å². The number of benzene rings is 3. The molecule has 1 aromatic heterocycles. The Labute approximate surface area is 205 Å². The van der Waals surface area contributed by atoms with Crippen LogP contribution in [-0.4, -0.2) is 23.0 Å². The maximum Gasteiger partial charge on any atom is 0.417 e. The average molecular weight is 493 g/mol. The molecule has 3 N–H and O–H groups in total. The molecule has 1 amide bonds. The van der Waals surface area contributed by atoms with Gasteiger partial charge in [0.15, 0.2) is 0 Å². The summed E-state index contributed by atoms with van der Waals surface area (Å²) in [6.07, 6.45) is -4.63. The Hall–Kier alpha value is -4.60. The number of hydrogen-bond acceptors (Lipinski definition) is 6. The number of anilines is 5. The second-order valence-electron chi connectivity index (χ2n) is 7.77. The lowest BCUT2D eigenvalue weighted by Gasteiger charge is -2.13. The van der Waals surface area contributed by atoms with Crippen molar-refractivity contribution in [3.8, 4) is 5.75 Å². The van der Waals surface area contributed by atoms with Gasteiger partial charge in [-0.05, 0) is 67.6 Å². The standard InChI is InChI=1S/C26H22F3N5O2/c1-16-15-23(31-17-11-13-20(36-2)14-12-17)34-25(30-16)33-19-9-7-18(8-10-19)32-24(35)21-5-3-4-6-22(21)26(27,28)29/h3-15H,1-2H3,(H,32,35)(H2,30,31,33,34). The molecule has 10 heteroatoms. The molecule has 0 spiro atoms. The predicted molar refractivity (Wildman–Crippen MR) is 132 cm³/mol. The van der Waals surface area contributed by atoms with Gasteiger partial charge in [-0.2, -0.15) is 18.2 Å². The highest BCUT2D eigenvalue weighted by Gasteiger charge is 2.34. The zero-order chi connectivity index (χ0) is 25.7. The molecule has 0 aliphatic carbocycles. The van der Waals surface area contributed by atoms with Crippen molar-refractivity contribution in [2.45, 2.75) is 13.1 Å². The highest BCUT2D eigenvalue weighted by molar-refractivity contribution is 6.05. The van der Waals surface area contributed by atoms with Crippen LogP contribution in [0, 0.1) is 6.92 Å². The molecule has 1 heterocycles. The van der Waals surface area contributed by atoms with Gasteiger partial charge in [-0.1, -0.05) is 12.1 Å². The van der Waals surface area contributed by atoms with Crippen LogP contribution in [0.25, 0.3) is 0 Å². The summed E-state index contributed by atoms with van der Waals surface area (Å²) >= 11 is 0. The third kappa shape index (κ3) is 6.09. The van der Waals surface area contributed by atoms with E-state index in [1.165, 1.54) is 12.1 Å². The largest absolute Gasteiger partial charge is 0.497 e. The van der Waals surface area contributed by atoms with E-state index in [4.69, 9.17) is 4.74 Å². The maximum atomic E-state index is 13.2. The molecule has 0 saturated heterocycles. The van der Waals surface area contributed by atoms with Gasteiger partial charge < -0.3 is 20.7 Å². The zero-order valence-corrected chi connectivity index (χ0v) is 19.4. The molecule has 0 aliphatic rings. The summed E-state index contributed by atoms with van der Waals surface area (Å²) in [7, 11) is 1.60. The minimum atomic E-state index is -4.63. The van der Waals surface area contributed by atoms with E-state index < -0.39 is 23.2 Å². The normalized spacial score (nSPS) is 11.0. The van der Waals surface area contributed by atoms with Gasteiger partial charge in [-0.15, -0.1) is 0 Å². The first-order valence-corrected chi connectivity index (χ1v) is 10.8. The zero-order valence-electron chi connectivity index (χ0n) is 19.4. The molecular weight excluding hydrogens is 471 g/mol. The van der Waals surface area contributed by atoms with Gasteiger partial charge in [0.2, 0.25) is 5.95 Å². The highest BCUT2D eigenvalue weighted by atomic mass is 19.4. The van der Waals surface area contributed by atoms with Crippen molar-refractivity contribution < 1.29 is 22.7 Å². The first kappa shape index (κ1) is 24.5. The lowest BCUT2D eigenvalue weighted by Crippen LogP contribution is -2.18. The van der Waals surface area contributed by atoms with Crippen molar-refractivity contribution in [3.05, 3.63) is 95.7 Å². The summed E-state index contributed by atoms with van der Waals surface area (Å²) in [5, 5.41) is 8.79. The number of rotatable bonds is 7. The molecule has 0 saturated carbocycles. The second kappa shape index (κ2) is 10.3. The topological polar surface area (TPSA) is 88.2 Å². The fourth-order valence-electron chi connectivity index (χ4n) is 3.40. The number of alkyl halides is 3. The smallest absolute Gasteiger partial charge is 0.417 e. The summed E-state index contributed by atoms with van der Waals surface area (Å²) in [5.41, 5.74) is 1.09. The van der Waals surface area contributed by atoms with Crippen LogP contribution in [0.3, 0.4) is 0 Å². The monoisotopic (exact) mass is 493 g/mol. The molecule has 7 nitrogen and oxygen atoms in total. The fraction of sp³-hybridized carbons (Fsp3) is 0.115. The Bertz CT molecular complexity index is 1360. The van der Waals surface area contributed by atoms with Crippen LogP contribution in [0.2, 0.25) is 0 Å². The Morgan fingerprint density at radius 1 is 0.833 bits per heavy atom. The Kier molecular flexibility index (Phi) is 7.05. The molecule has 4 rings (SSSR count). The van der Waals surface area contributed by atoms with E-state index in [0.29, 0.717) is 23.1 Å². The molecule has 3 aromatic carbocycles. The van der Waals surface area contributed by atoms with Crippen molar-refractivity contribution >= 4 is 34.7 Å². The quantitative estimate of drug-likeness (QED) is 0.271. The fourth-order valence-corrected chi connectivity index (χ4v) is 3.40. The molecule has 36 heavy (non-hydrogen) atoms. The number of ether oxygens (including phenoxy) is 1. The second-order valence-corrected chi connectivity index (χ2v) is 7.77. The van der Waals surface area contributed by atoms with E-state index >= 15 is 0 Å². The molecule has 0 radical (unpaired) electrons. The number of nitrogens with one attached hydrogen (secondary N) is 3. The number of carbonyl (C=O) groups is 1. The Balaban J connectivity index is 1.44. The van der Waals surface area contributed by atoms with Gasteiger partial charge in [0.25, 0.3) is 5.91 Å². The summed E-state index contributed by atoms with van der Waals surface area (Å²) in [5.74, 6) is 0.829. The number of aryl methyl sites for hydroxylation is 1. The van der Waals surface area contributed by atoms with Crippen LogP contribution in [0.15, 0.2) is 78.9 Å². The molecule has 0 unspecified atom stereocenters. The van der Waals surface area contributed by atoms with E-state index in [9.17, 15) is 18.0 Å². The molecule has 0 fully saturated rings. The van der Waals surface area contributed by atoms with Crippen LogP contribution in [0.4, 0.5) is 42.0 Å². The van der Waals surface area contributed by atoms with Crippen LogP contribution in [0.5, 0.6) is 5.75 Å². The average Bonchev–Trinajstić information content (AvgIpc) is 2.85. The van der Waals surface area contributed by atoms with Crippen molar-refractivity contribution in [1.29, 1.82) is 0 Å². The molecule has 0 aliphatic heterocycles. The SMILES string of the molecule is COc1ccc(Nc2cc(C)nc(Nc3ccc(NC(=O)c4ccccc4C(F)(F)F)cc3)n2)cc1. The number of amides is 1. The molecule has 184 valence electrons. The summed E-state index contributed by atoms with van der Waals surface area (Å²) in [6.45, 7) is 1.84. The van der Waals surface area contributed by atoms with E-state index in [1.807, 2.05) is 31.2 Å². The van der Waals surface area contributed by atoms with E-state index in [2.05, 4.69) is 25.9 Å². The van der Waals surface area contributed by atoms with Crippen molar-refractivity contribution in [1.82, 2.24) is 9.97 Å². The maximum absolute atomic E-state index is 13.2. The van der Waals surface area contributed by atoms with Gasteiger partial charge in [-0.3, -0.25) is 4.79 Å². The summed E-state index contributed by atoms with van der Waals surface area (Å²) < 4.78 is 44.8. The lowest BCUT2D eigenvalue weighted by atomic mass is 10.1. The number of methoxy groups -OCH3 is 1. The van der Waals surface area contributed by atoms with Gasteiger partial charge in [0.05, 0.1) is 18.2 Å². The minimum Gasteiger partial charge on any atom is -0.497 e. The van der Waals surface area contributed by atoms with Crippen molar-refractivity contribution in [2.75, 3.05) is 23.1 Å². The van der Waals surface area contributed by atoms with Crippen LogP contribution in [-0.2, 0) is 6.18 Å². The third-order valence-electron chi connectivity index (χ3n) is 5.09. The van der Waals surface area contributed by atoms with Gasteiger partial charge in [0, 0.05) is 28.8 Å². The van der Waals surface area contributed by atoms with Crippen LogP contribution < -0.4 is 20.7 Å². The predicted octanol–water partition coefficient (Wildman–Crippen LogP) is 6.55. The number of carbonyl (C=O) groups excluding carboxylic acids is 1. The summed E-state index contributed by atoms with van der Waals surface area (Å²) in [4.78, 5) is 21.3. The van der Waals surface area contributed by atoms with Gasteiger partial charge >= 0.3 is 6.18 Å². The van der Waals surface area contributed by atoms with Crippen molar-refractivity contribution in [3.63, 3.8) is 0 Å². The number of hydrogen-bond donors (Lipinski definition) is 3. The molecular formula is C26H22F3N5O2. The van der Waals surface area contributed by atoms with Crippen LogP contribution in [0.1, 0.15) is 21.6 Å². The molecule has 0 atom stereocenters. The van der Waals surface area contributed by atoms with Crippen LogP contribution >= 0.6 is 0 Å². The first-order valence-electron chi connectivity index (χ1n) is 10.8. The summed E-state index contributed by atoms with van der Waals surface area (Å²) in [6, 6.07) is 20.3. The lowest BCUT2D eigenvalue weighted by molar-refractivity contribution is -0.137. The third-order valence-corrected chi connectivity index (χ3v) is 5.09.